The molecule has 1 heterocycles. The van der Waals surface area contributed by atoms with E-state index in [2.05, 4.69) is 22.8 Å². The highest BCUT2D eigenvalue weighted by molar-refractivity contribution is 7.13. The van der Waals surface area contributed by atoms with E-state index >= 15 is 0 Å². The minimum Gasteiger partial charge on any atom is -0.326 e. The number of anilines is 1. The molecule has 0 aliphatic heterocycles. The molecule has 0 saturated heterocycles. The number of hydrogen-bond donors (Lipinski definition) is 1. The Balaban J connectivity index is 1.80. The molecule has 3 rings (SSSR count). The predicted octanol–water partition coefficient (Wildman–Crippen LogP) is 5.85. The molecule has 0 aliphatic carbocycles. The van der Waals surface area contributed by atoms with Crippen LogP contribution in [0.1, 0.15) is 26.7 Å². The molecule has 0 bridgehead atoms. The number of hydrogen-bond acceptors (Lipinski definition) is 3. The van der Waals surface area contributed by atoms with Gasteiger partial charge in [0.1, 0.15) is 5.01 Å². The van der Waals surface area contributed by atoms with Crippen molar-refractivity contribution in [3.05, 3.63) is 60.0 Å². The van der Waals surface area contributed by atoms with Crippen molar-refractivity contribution in [2.24, 2.45) is 5.92 Å². The van der Waals surface area contributed by atoms with E-state index in [-0.39, 0.29) is 11.8 Å². The van der Waals surface area contributed by atoms with Crippen LogP contribution in [0.5, 0.6) is 0 Å². The van der Waals surface area contributed by atoms with Crippen LogP contribution in [0.15, 0.2) is 60.0 Å². The van der Waals surface area contributed by atoms with Crippen LogP contribution in [-0.4, -0.2) is 10.9 Å². The van der Waals surface area contributed by atoms with Crippen LogP contribution >= 0.6 is 11.3 Å². The number of nitrogens with zero attached hydrogens (tertiary/aromatic N) is 1. The van der Waals surface area contributed by atoms with Crippen LogP contribution in [0.4, 0.5) is 5.69 Å². The van der Waals surface area contributed by atoms with Gasteiger partial charge in [-0.25, -0.2) is 4.98 Å². The van der Waals surface area contributed by atoms with Crippen LogP contribution < -0.4 is 5.32 Å². The standard InChI is InChI=1S/C21H22N2OS/c1-3-15(4-2)20(24)22-18-12-8-11-17(13-18)19-14-25-21(23-19)16-9-6-5-7-10-16/h5-15H,3-4H2,1-2H3,(H,22,24). The smallest absolute Gasteiger partial charge is 0.227 e. The first-order valence-electron chi connectivity index (χ1n) is 8.63. The Morgan fingerprint density at radius 3 is 2.48 bits per heavy atom. The average molecular weight is 350 g/mol. The summed E-state index contributed by atoms with van der Waals surface area (Å²) in [5.74, 6) is 0.151. The van der Waals surface area contributed by atoms with Crippen LogP contribution in [0.2, 0.25) is 0 Å². The quantitative estimate of drug-likeness (QED) is 0.606. The van der Waals surface area contributed by atoms with E-state index in [9.17, 15) is 4.79 Å². The summed E-state index contributed by atoms with van der Waals surface area (Å²) in [5, 5.41) is 6.09. The number of benzene rings is 2. The van der Waals surface area contributed by atoms with E-state index in [1.165, 1.54) is 0 Å². The zero-order chi connectivity index (χ0) is 17.6. The number of thiazole rings is 1. The van der Waals surface area contributed by atoms with Gasteiger partial charge in [-0.3, -0.25) is 4.79 Å². The number of rotatable bonds is 6. The lowest BCUT2D eigenvalue weighted by molar-refractivity contribution is -0.120. The summed E-state index contributed by atoms with van der Waals surface area (Å²) in [6.45, 7) is 4.09. The SMILES string of the molecule is CCC(CC)C(=O)Nc1cccc(-c2csc(-c3ccccc3)n2)c1. The molecule has 0 aliphatic rings. The molecule has 0 atom stereocenters. The van der Waals surface area contributed by atoms with Gasteiger partial charge in [-0.15, -0.1) is 11.3 Å². The first-order chi connectivity index (χ1) is 12.2. The number of nitrogens with one attached hydrogen (secondary N) is 1. The second-order valence-corrected chi connectivity index (χ2v) is 6.85. The highest BCUT2D eigenvalue weighted by Gasteiger charge is 2.14. The van der Waals surface area contributed by atoms with Crippen molar-refractivity contribution in [2.45, 2.75) is 26.7 Å². The Kier molecular flexibility index (Phi) is 5.61. The highest BCUT2D eigenvalue weighted by Crippen LogP contribution is 2.30. The summed E-state index contributed by atoms with van der Waals surface area (Å²) in [6, 6.07) is 18.1. The van der Waals surface area contributed by atoms with E-state index in [1.54, 1.807) is 11.3 Å². The van der Waals surface area contributed by atoms with Gasteiger partial charge in [0.2, 0.25) is 5.91 Å². The molecule has 0 unspecified atom stereocenters. The molecule has 3 aromatic rings. The maximum absolute atomic E-state index is 12.3. The van der Waals surface area contributed by atoms with Gasteiger partial charge < -0.3 is 5.32 Å². The van der Waals surface area contributed by atoms with Crippen molar-refractivity contribution in [1.29, 1.82) is 0 Å². The highest BCUT2D eigenvalue weighted by atomic mass is 32.1. The van der Waals surface area contributed by atoms with E-state index in [0.717, 1.165) is 40.4 Å². The first-order valence-corrected chi connectivity index (χ1v) is 9.51. The first kappa shape index (κ1) is 17.4. The van der Waals surface area contributed by atoms with E-state index in [4.69, 9.17) is 4.98 Å². The van der Waals surface area contributed by atoms with E-state index in [1.807, 2.05) is 56.3 Å². The minimum absolute atomic E-state index is 0.0626. The molecule has 0 spiro atoms. The predicted molar refractivity (Wildman–Crippen MR) is 106 cm³/mol. The number of carbonyl (C=O) groups is 1. The third-order valence-corrected chi connectivity index (χ3v) is 5.20. The minimum atomic E-state index is 0.0626. The molecule has 1 amide bonds. The van der Waals surface area contributed by atoms with Gasteiger partial charge in [0.15, 0.2) is 0 Å². The fourth-order valence-corrected chi connectivity index (χ4v) is 3.61. The monoisotopic (exact) mass is 350 g/mol. The summed E-state index contributed by atoms with van der Waals surface area (Å²) in [4.78, 5) is 17.0. The van der Waals surface area contributed by atoms with Crippen LogP contribution in [-0.2, 0) is 4.79 Å². The lowest BCUT2D eigenvalue weighted by Gasteiger charge is -2.13. The molecule has 0 saturated carbocycles. The molecule has 128 valence electrons. The van der Waals surface area contributed by atoms with E-state index < -0.39 is 0 Å². The van der Waals surface area contributed by atoms with Crippen molar-refractivity contribution in [3.8, 4) is 21.8 Å². The lowest BCUT2D eigenvalue weighted by Crippen LogP contribution is -2.21. The maximum Gasteiger partial charge on any atom is 0.227 e. The largest absolute Gasteiger partial charge is 0.326 e. The average Bonchev–Trinajstić information content (AvgIpc) is 3.14. The van der Waals surface area contributed by atoms with Crippen molar-refractivity contribution in [1.82, 2.24) is 4.98 Å². The molecule has 1 N–H and O–H groups in total. The topological polar surface area (TPSA) is 42.0 Å². The summed E-state index contributed by atoms with van der Waals surface area (Å²) in [6.07, 6.45) is 1.71. The Bertz CT molecular complexity index is 838. The molecule has 0 fully saturated rings. The summed E-state index contributed by atoms with van der Waals surface area (Å²) >= 11 is 1.63. The molecule has 4 heteroatoms. The van der Waals surface area contributed by atoms with Crippen LogP contribution in [0, 0.1) is 5.92 Å². The van der Waals surface area contributed by atoms with Gasteiger partial charge in [-0.05, 0) is 25.0 Å². The van der Waals surface area contributed by atoms with Crippen molar-refractivity contribution in [2.75, 3.05) is 5.32 Å². The molecular weight excluding hydrogens is 328 g/mol. The van der Waals surface area contributed by atoms with Gasteiger partial charge >= 0.3 is 0 Å². The third kappa shape index (κ3) is 4.15. The molecule has 25 heavy (non-hydrogen) atoms. The Labute approximate surface area is 152 Å². The van der Waals surface area contributed by atoms with Crippen molar-refractivity contribution >= 4 is 22.9 Å². The van der Waals surface area contributed by atoms with Gasteiger partial charge in [0.25, 0.3) is 0 Å². The van der Waals surface area contributed by atoms with Crippen LogP contribution in [0.25, 0.3) is 21.8 Å². The zero-order valence-corrected chi connectivity index (χ0v) is 15.3. The molecule has 0 radical (unpaired) electrons. The lowest BCUT2D eigenvalue weighted by atomic mass is 10.0. The fraction of sp³-hybridized carbons (Fsp3) is 0.238. The Hall–Kier alpha value is -2.46. The van der Waals surface area contributed by atoms with Gasteiger partial charge in [-0.2, -0.15) is 0 Å². The second-order valence-electron chi connectivity index (χ2n) is 5.99. The molecule has 1 aromatic heterocycles. The summed E-state index contributed by atoms with van der Waals surface area (Å²) in [5.41, 5.74) is 3.89. The van der Waals surface area contributed by atoms with Gasteiger partial charge in [0.05, 0.1) is 5.69 Å². The number of aromatic nitrogens is 1. The van der Waals surface area contributed by atoms with E-state index in [0.29, 0.717) is 0 Å². The number of amides is 1. The third-order valence-electron chi connectivity index (χ3n) is 4.31. The zero-order valence-electron chi connectivity index (χ0n) is 14.5. The van der Waals surface area contributed by atoms with Gasteiger partial charge in [-0.1, -0.05) is 56.3 Å². The molecule has 2 aromatic carbocycles. The second kappa shape index (κ2) is 8.08. The molecule has 3 nitrogen and oxygen atoms in total. The van der Waals surface area contributed by atoms with Crippen molar-refractivity contribution in [3.63, 3.8) is 0 Å². The molecular formula is C21H22N2OS. The van der Waals surface area contributed by atoms with Gasteiger partial charge in [0, 0.05) is 28.1 Å². The summed E-state index contributed by atoms with van der Waals surface area (Å²) < 4.78 is 0. The number of carbonyl (C=O) groups excluding carboxylic acids is 1. The van der Waals surface area contributed by atoms with Crippen molar-refractivity contribution < 1.29 is 4.79 Å². The Morgan fingerprint density at radius 2 is 1.76 bits per heavy atom. The summed E-state index contributed by atoms with van der Waals surface area (Å²) in [7, 11) is 0. The van der Waals surface area contributed by atoms with Crippen LogP contribution in [0.3, 0.4) is 0 Å². The fourth-order valence-electron chi connectivity index (χ4n) is 2.78. The normalized spacial score (nSPS) is 10.8. The Morgan fingerprint density at radius 1 is 1.04 bits per heavy atom. The maximum atomic E-state index is 12.3.